The quantitative estimate of drug-likeness (QED) is 0.649. The second kappa shape index (κ2) is 7.75. The van der Waals surface area contributed by atoms with Gasteiger partial charge in [0.2, 0.25) is 17.6 Å². The Morgan fingerprint density at radius 1 is 1.39 bits per heavy atom. The van der Waals surface area contributed by atoms with E-state index in [0.717, 1.165) is 12.8 Å². The normalized spacial score (nSPS) is 16.9. The molecule has 10 nitrogen and oxygen atoms in total. The van der Waals surface area contributed by atoms with Crippen LogP contribution in [-0.4, -0.2) is 60.9 Å². The van der Waals surface area contributed by atoms with Gasteiger partial charge in [-0.2, -0.15) is 4.98 Å². The average Bonchev–Trinajstić information content (AvgIpc) is 3.34. The number of ether oxygens (including phenoxy) is 1. The summed E-state index contributed by atoms with van der Waals surface area (Å²) in [6.07, 6.45) is 8.99. The topological polar surface area (TPSA) is 112 Å². The summed E-state index contributed by atoms with van der Waals surface area (Å²) in [6.45, 7) is 1.34. The van der Waals surface area contributed by atoms with Crippen molar-refractivity contribution in [2.24, 2.45) is 13.0 Å². The standard InChI is InChI=1S/C18H21N7O3/c1-24-11-13(17(22-24)27-2)18(26)25-7-3-4-12(10-25)8-15-21-16(23-28-15)14-9-19-5-6-20-14/h5-6,9,11-12H,3-4,7-8,10H2,1-2H3/t12-/m1/s1. The Labute approximate surface area is 161 Å². The van der Waals surface area contributed by atoms with Crippen LogP contribution in [0.3, 0.4) is 0 Å². The number of likely N-dealkylation sites (tertiary alicyclic amines) is 1. The van der Waals surface area contributed by atoms with Gasteiger partial charge in [-0.25, -0.2) is 4.98 Å². The van der Waals surface area contributed by atoms with Crippen molar-refractivity contribution in [3.63, 3.8) is 0 Å². The number of hydrogen-bond acceptors (Lipinski definition) is 8. The molecule has 0 spiro atoms. The van der Waals surface area contributed by atoms with E-state index in [1.165, 1.54) is 7.11 Å². The molecular formula is C18H21N7O3. The minimum absolute atomic E-state index is 0.0690. The van der Waals surface area contributed by atoms with Crippen molar-refractivity contribution >= 4 is 5.91 Å². The first-order valence-corrected chi connectivity index (χ1v) is 9.10. The Kier molecular flexibility index (Phi) is 5.00. The molecule has 3 aromatic rings. The number of hydrogen-bond donors (Lipinski definition) is 0. The van der Waals surface area contributed by atoms with Crippen LogP contribution in [0.25, 0.3) is 11.5 Å². The van der Waals surface area contributed by atoms with E-state index in [-0.39, 0.29) is 11.8 Å². The molecule has 1 amide bonds. The van der Waals surface area contributed by atoms with E-state index in [0.29, 0.717) is 48.4 Å². The van der Waals surface area contributed by atoms with Gasteiger partial charge < -0.3 is 14.2 Å². The zero-order valence-electron chi connectivity index (χ0n) is 15.8. The third-order valence-electron chi connectivity index (χ3n) is 4.75. The van der Waals surface area contributed by atoms with E-state index in [9.17, 15) is 4.79 Å². The summed E-state index contributed by atoms with van der Waals surface area (Å²) in [6, 6.07) is 0. The van der Waals surface area contributed by atoms with Crippen LogP contribution in [0.5, 0.6) is 5.88 Å². The smallest absolute Gasteiger partial charge is 0.260 e. The molecule has 146 valence electrons. The second-order valence-corrected chi connectivity index (χ2v) is 6.79. The van der Waals surface area contributed by atoms with E-state index in [1.807, 2.05) is 4.90 Å². The van der Waals surface area contributed by atoms with Crippen molar-refractivity contribution in [1.82, 2.24) is 34.8 Å². The van der Waals surface area contributed by atoms with E-state index in [4.69, 9.17) is 9.26 Å². The zero-order chi connectivity index (χ0) is 19.5. The molecule has 1 fully saturated rings. The highest BCUT2D eigenvalue weighted by Gasteiger charge is 2.29. The maximum atomic E-state index is 12.9. The summed E-state index contributed by atoms with van der Waals surface area (Å²) in [4.78, 5) is 27.4. The molecule has 4 heterocycles. The molecule has 1 saturated heterocycles. The lowest BCUT2D eigenvalue weighted by molar-refractivity contribution is 0.0664. The molecule has 4 rings (SSSR count). The van der Waals surface area contributed by atoms with Crippen molar-refractivity contribution < 1.29 is 14.1 Å². The number of amides is 1. The minimum atomic E-state index is -0.0690. The maximum absolute atomic E-state index is 12.9. The Hall–Kier alpha value is -3.30. The lowest BCUT2D eigenvalue weighted by Crippen LogP contribution is -2.40. The summed E-state index contributed by atoms with van der Waals surface area (Å²) in [7, 11) is 3.28. The number of carbonyl (C=O) groups is 1. The van der Waals surface area contributed by atoms with Crippen molar-refractivity contribution in [1.29, 1.82) is 0 Å². The van der Waals surface area contributed by atoms with Crippen molar-refractivity contribution in [3.05, 3.63) is 36.2 Å². The molecule has 3 aromatic heterocycles. The Morgan fingerprint density at radius 2 is 2.29 bits per heavy atom. The number of aromatic nitrogens is 6. The van der Waals surface area contributed by atoms with Gasteiger partial charge in [0.1, 0.15) is 11.3 Å². The van der Waals surface area contributed by atoms with Crippen LogP contribution < -0.4 is 4.74 Å². The Morgan fingerprint density at radius 3 is 3.07 bits per heavy atom. The van der Waals surface area contributed by atoms with Gasteiger partial charge in [-0.05, 0) is 18.8 Å². The fourth-order valence-electron chi connectivity index (χ4n) is 3.46. The average molecular weight is 383 g/mol. The molecule has 28 heavy (non-hydrogen) atoms. The van der Waals surface area contributed by atoms with Crippen LogP contribution in [0, 0.1) is 5.92 Å². The summed E-state index contributed by atoms with van der Waals surface area (Å²) < 4.78 is 12.2. The van der Waals surface area contributed by atoms with Crippen molar-refractivity contribution in [2.75, 3.05) is 20.2 Å². The van der Waals surface area contributed by atoms with E-state index in [1.54, 1.807) is 36.5 Å². The highest BCUT2D eigenvalue weighted by molar-refractivity contribution is 5.96. The predicted molar refractivity (Wildman–Crippen MR) is 97.4 cm³/mol. The van der Waals surface area contributed by atoms with Crippen LogP contribution in [0.2, 0.25) is 0 Å². The van der Waals surface area contributed by atoms with Crippen molar-refractivity contribution in [2.45, 2.75) is 19.3 Å². The van der Waals surface area contributed by atoms with Crippen molar-refractivity contribution in [3.8, 4) is 17.4 Å². The molecular weight excluding hydrogens is 362 g/mol. The molecule has 0 aliphatic carbocycles. The van der Waals surface area contributed by atoms with Gasteiger partial charge in [0.15, 0.2) is 0 Å². The van der Waals surface area contributed by atoms with Gasteiger partial charge in [0.25, 0.3) is 5.91 Å². The molecule has 1 atom stereocenters. The SMILES string of the molecule is COc1nn(C)cc1C(=O)N1CCC[C@H](Cc2nc(-c3cnccn3)no2)C1. The first-order valence-electron chi connectivity index (χ1n) is 9.10. The molecule has 0 bridgehead atoms. The number of nitrogens with zero attached hydrogens (tertiary/aromatic N) is 7. The van der Waals surface area contributed by atoms with E-state index < -0.39 is 0 Å². The third kappa shape index (κ3) is 3.71. The molecule has 1 aliphatic rings. The third-order valence-corrected chi connectivity index (χ3v) is 4.75. The molecule has 0 N–H and O–H groups in total. The Bertz CT molecular complexity index is 953. The second-order valence-electron chi connectivity index (χ2n) is 6.79. The van der Waals surface area contributed by atoms with Crippen LogP contribution in [-0.2, 0) is 13.5 Å². The van der Waals surface area contributed by atoms with Crippen LogP contribution >= 0.6 is 0 Å². The molecule has 1 aliphatic heterocycles. The fraction of sp³-hybridized carbons (Fsp3) is 0.444. The lowest BCUT2D eigenvalue weighted by atomic mass is 9.94. The molecule has 0 radical (unpaired) electrons. The van der Waals surface area contributed by atoms with Crippen LogP contribution in [0.4, 0.5) is 0 Å². The number of aryl methyl sites for hydroxylation is 1. The van der Waals surface area contributed by atoms with E-state index in [2.05, 4.69) is 25.2 Å². The predicted octanol–water partition coefficient (Wildman–Crippen LogP) is 1.36. The molecule has 0 unspecified atom stereocenters. The summed E-state index contributed by atoms with van der Waals surface area (Å²) >= 11 is 0. The van der Waals surface area contributed by atoms with Gasteiger partial charge in [-0.1, -0.05) is 5.16 Å². The minimum Gasteiger partial charge on any atom is -0.479 e. The van der Waals surface area contributed by atoms with Gasteiger partial charge >= 0.3 is 0 Å². The van der Waals surface area contributed by atoms with Gasteiger partial charge in [0.05, 0.1) is 13.3 Å². The number of rotatable bonds is 5. The van der Waals surface area contributed by atoms with Crippen LogP contribution in [0.15, 0.2) is 29.3 Å². The van der Waals surface area contributed by atoms with Gasteiger partial charge in [-0.15, -0.1) is 5.10 Å². The monoisotopic (exact) mass is 383 g/mol. The van der Waals surface area contributed by atoms with Gasteiger partial charge in [0, 0.05) is 45.1 Å². The highest BCUT2D eigenvalue weighted by atomic mass is 16.5. The van der Waals surface area contributed by atoms with E-state index >= 15 is 0 Å². The summed E-state index contributed by atoms with van der Waals surface area (Å²) in [5.74, 6) is 1.49. The molecule has 0 saturated carbocycles. The largest absolute Gasteiger partial charge is 0.479 e. The Balaban J connectivity index is 1.43. The number of carbonyl (C=O) groups excluding carboxylic acids is 1. The zero-order valence-corrected chi connectivity index (χ0v) is 15.8. The first-order chi connectivity index (χ1) is 13.6. The summed E-state index contributed by atoms with van der Waals surface area (Å²) in [5, 5.41) is 8.15. The first kappa shape index (κ1) is 18.1. The van der Waals surface area contributed by atoms with Gasteiger partial charge in [-0.3, -0.25) is 14.5 Å². The maximum Gasteiger partial charge on any atom is 0.260 e. The van der Waals surface area contributed by atoms with Crippen LogP contribution in [0.1, 0.15) is 29.1 Å². The number of methoxy groups -OCH3 is 1. The number of piperidine rings is 1. The molecule has 10 heteroatoms. The fourth-order valence-corrected chi connectivity index (χ4v) is 3.46. The molecule has 0 aromatic carbocycles. The summed E-state index contributed by atoms with van der Waals surface area (Å²) in [5.41, 5.74) is 1.05. The lowest BCUT2D eigenvalue weighted by Gasteiger charge is -2.32. The highest BCUT2D eigenvalue weighted by Crippen LogP contribution is 2.25.